The first-order valence-electron chi connectivity index (χ1n) is 5.26. The van der Waals surface area contributed by atoms with E-state index in [4.69, 9.17) is 4.74 Å². The van der Waals surface area contributed by atoms with Crippen LogP contribution >= 0.6 is 0 Å². The molecule has 5 heteroatoms. The first-order chi connectivity index (χ1) is 7.88. The standard InChI is InChI=1S/C11H16N4O/c1-16-7-6-15-5-3-11(14-15)13-9-10-2-4-12-8-10/h2-5,8,12H,6-7,9H2,1H3,(H,13,14). The summed E-state index contributed by atoms with van der Waals surface area (Å²) >= 11 is 0. The van der Waals surface area contributed by atoms with Gasteiger partial charge in [-0.25, -0.2) is 0 Å². The number of aromatic amines is 1. The second-order valence-corrected chi connectivity index (χ2v) is 3.53. The molecule has 2 rings (SSSR count). The highest BCUT2D eigenvalue weighted by Gasteiger charge is 1.98. The Morgan fingerprint density at radius 2 is 2.44 bits per heavy atom. The van der Waals surface area contributed by atoms with Crippen molar-refractivity contribution in [3.63, 3.8) is 0 Å². The first-order valence-corrected chi connectivity index (χ1v) is 5.26. The van der Waals surface area contributed by atoms with Gasteiger partial charge < -0.3 is 15.0 Å². The van der Waals surface area contributed by atoms with Crippen molar-refractivity contribution < 1.29 is 4.74 Å². The number of rotatable bonds is 6. The van der Waals surface area contributed by atoms with Crippen LogP contribution in [0.5, 0.6) is 0 Å². The van der Waals surface area contributed by atoms with Crippen molar-refractivity contribution in [2.24, 2.45) is 0 Å². The predicted octanol–water partition coefficient (Wildman–Crippen LogP) is 1.47. The molecule has 0 saturated heterocycles. The monoisotopic (exact) mass is 220 g/mol. The highest BCUT2D eigenvalue weighted by molar-refractivity contribution is 5.33. The Morgan fingerprint density at radius 1 is 1.50 bits per heavy atom. The van der Waals surface area contributed by atoms with E-state index in [1.54, 1.807) is 7.11 Å². The molecule has 2 aromatic heterocycles. The van der Waals surface area contributed by atoms with E-state index >= 15 is 0 Å². The van der Waals surface area contributed by atoms with Crippen LogP contribution in [0.3, 0.4) is 0 Å². The Morgan fingerprint density at radius 3 is 3.19 bits per heavy atom. The predicted molar refractivity (Wildman–Crippen MR) is 62.2 cm³/mol. The number of ether oxygens (including phenoxy) is 1. The smallest absolute Gasteiger partial charge is 0.148 e. The second kappa shape index (κ2) is 5.37. The van der Waals surface area contributed by atoms with Crippen molar-refractivity contribution >= 4 is 5.82 Å². The summed E-state index contributed by atoms with van der Waals surface area (Å²) in [6, 6.07) is 4.00. The molecule has 2 heterocycles. The van der Waals surface area contributed by atoms with E-state index in [2.05, 4.69) is 15.4 Å². The van der Waals surface area contributed by atoms with Gasteiger partial charge >= 0.3 is 0 Å². The zero-order valence-corrected chi connectivity index (χ0v) is 9.31. The number of anilines is 1. The van der Waals surface area contributed by atoms with Gasteiger partial charge in [0.25, 0.3) is 0 Å². The van der Waals surface area contributed by atoms with Crippen molar-refractivity contribution in [2.75, 3.05) is 19.0 Å². The summed E-state index contributed by atoms with van der Waals surface area (Å²) < 4.78 is 6.85. The maximum Gasteiger partial charge on any atom is 0.148 e. The van der Waals surface area contributed by atoms with E-state index < -0.39 is 0 Å². The molecular weight excluding hydrogens is 204 g/mol. The third kappa shape index (κ3) is 2.87. The molecule has 16 heavy (non-hydrogen) atoms. The molecular formula is C11H16N4O. The zero-order chi connectivity index (χ0) is 11.2. The number of H-pyrrole nitrogens is 1. The Hall–Kier alpha value is -1.75. The molecule has 2 N–H and O–H groups in total. The molecule has 0 atom stereocenters. The fourth-order valence-electron chi connectivity index (χ4n) is 1.43. The minimum atomic E-state index is 0.679. The normalized spacial score (nSPS) is 10.6. The van der Waals surface area contributed by atoms with E-state index in [9.17, 15) is 0 Å². The van der Waals surface area contributed by atoms with Crippen molar-refractivity contribution in [1.82, 2.24) is 14.8 Å². The molecule has 0 radical (unpaired) electrons. The van der Waals surface area contributed by atoms with Crippen LogP contribution in [-0.2, 0) is 17.8 Å². The summed E-state index contributed by atoms with van der Waals surface area (Å²) in [5.41, 5.74) is 1.21. The lowest BCUT2D eigenvalue weighted by Gasteiger charge is -2.01. The van der Waals surface area contributed by atoms with Crippen LogP contribution in [0.25, 0.3) is 0 Å². The lowest BCUT2D eigenvalue weighted by Crippen LogP contribution is -2.06. The van der Waals surface area contributed by atoms with Gasteiger partial charge in [-0.15, -0.1) is 0 Å². The van der Waals surface area contributed by atoms with Gasteiger partial charge in [0, 0.05) is 38.3 Å². The minimum absolute atomic E-state index is 0.679. The molecule has 0 amide bonds. The molecule has 2 aromatic rings. The number of aromatic nitrogens is 3. The van der Waals surface area contributed by atoms with Crippen LogP contribution in [0.2, 0.25) is 0 Å². The van der Waals surface area contributed by atoms with Crippen molar-refractivity contribution in [3.05, 3.63) is 36.3 Å². The molecule has 0 aliphatic heterocycles. The Balaban J connectivity index is 1.83. The van der Waals surface area contributed by atoms with Crippen LogP contribution in [0.4, 0.5) is 5.82 Å². The lowest BCUT2D eigenvalue weighted by atomic mass is 10.3. The highest BCUT2D eigenvalue weighted by atomic mass is 16.5. The maximum absolute atomic E-state index is 4.99. The van der Waals surface area contributed by atoms with E-state index in [-0.39, 0.29) is 0 Å². The van der Waals surface area contributed by atoms with Gasteiger partial charge in [-0.3, -0.25) is 4.68 Å². The van der Waals surface area contributed by atoms with Crippen LogP contribution in [0, 0.1) is 0 Å². The number of methoxy groups -OCH3 is 1. The van der Waals surface area contributed by atoms with Crippen molar-refractivity contribution in [2.45, 2.75) is 13.1 Å². The maximum atomic E-state index is 4.99. The van der Waals surface area contributed by atoms with Gasteiger partial charge in [-0.05, 0) is 11.6 Å². The third-order valence-corrected chi connectivity index (χ3v) is 2.30. The Bertz CT molecular complexity index is 407. The number of hydrogen-bond acceptors (Lipinski definition) is 3. The van der Waals surface area contributed by atoms with Gasteiger partial charge in [0.1, 0.15) is 5.82 Å². The minimum Gasteiger partial charge on any atom is -0.383 e. The molecule has 0 bridgehead atoms. The Kier molecular flexibility index (Phi) is 3.61. The zero-order valence-electron chi connectivity index (χ0n) is 9.31. The van der Waals surface area contributed by atoms with Gasteiger partial charge in [0.2, 0.25) is 0 Å². The number of nitrogens with one attached hydrogen (secondary N) is 2. The molecule has 5 nitrogen and oxygen atoms in total. The lowest BCUT2D eigenvalue weighted by molar-refractivity contribution is 0.183. The van der Waals surface area contributed by atoms with Crippen molar-refractivity contribution in [3.8, 4) is 0 Å². The van der Waals surface area contributed by atoms with Crippen LogP contribution < -0.4 is 5.32 Å². The van der Waals surface area contributed by atoms with Crippen LogP contribution in [0.15, 0.2) is 30.7 Å². The average molecular weight is 220 g/mol. The van der Waals surface area contributed by atoms with Gasteiger partial charge in [-0.2, -0.15) is 5.10 Å². The molecule has 0 unspecified atom stereocenters. The van der Waals surface area contributed by atoms with E-state index in [0.717, 1.165) is 18.9 Å². The van der Waals surface area contributed by atoms with Gasteiger partial charge in [-0.1, -0.05) is 0 Å². The summed E-state index contributed by atoms with van der Waals surface area (Å²) in [4.78, 5) is 3.02. The van der Waals surface area contributed by atoms with Crippen LogP contribution in [-0.4, -0.2) is 28.5 Å². The summed E-state index contributed by atoms with van der Waals surface area (Å²) in [5, 5.41) is 7.61. The molecule has 86 valence electrons. The Labute approximate surface area is 94.4 Å². The summed E-state index contributed by atoms with van der Waals surface area (Å²) in [6.45, 7) is 2.24. The molecule has 0 aromatic carbocycles. The summed E-state index contributed by atoms with van der Waals surface area (Å²) in [6.07, 6.45) is 5.82. The van der Waals surface area contributed by atoms with Crippen LogP contribution in [0.1, 0.15) is 5.56 Å². The number of hydrogen-bond donors (Lipinski definition) is 2. The van der Waals surface area contributed by atoms with E-state index in [1.807, 2.05) is 35.4 Å². The van der Waals surface area contributed by atoms with E-state index in [1.165, 1.54) is 5.56 Å². The molecule has 0 spiro atoms. The fraction of sp³-hybridized carbons (Fsp3) is 0.364. The number of nitrogens with zero attached hydrogens (tertiary/aromatic N) is 2. The third-order valence-electron chi connectivity index (χ3n) is 2.30. The fourth-order valence-corrected chi connectivity index (χ4v) is 1.43. The first kappa shape index (κ1) is 10.8. The quantitative estimate of drug-likeness (QED) is 0.775. The van der Waals surface area contributed by atoms with Gasteiger partial charge in [0.15, 0.2) is 0 Å². The van der Waals surface area contributed by atoms with Gasteiger partial charge in [0.05, 0.1) is 13.2 Å². The molecule has 0 saturated carbocycles. The molecule has 0 aliphatic carbocycles. The SMILES string of the molecule is COCCn1ccc(NCc2cc[nH]c2)n1. The largest absolute Gasteiger partial charge is 0.383 e. The average Bonchev–Trinajstić information content (AvgIpc) is 2.95. The highest BCUT2D eigenvalue weighted by Crippen LogP contribution is 2.05. The molecule has 0 aliphatic rings. The summed E-state index contributed by atoms with van der Waals surface area (Å²) in [5.74, 6) is 0.886. The topological polar surface area (TPSA) is 54.9 Å². The second-order valence-electron chi connectivity index (χ2n) is 3.53. The summed E-state index contributed by atoms with van der Waals surface area (Å²) in [7, 11) is 1.69. The molecule has 0 fully saturated rings. The van der Waals surface area contributed by atoms with Crippen molar-refractivity contribution in [1.29, 1.82) is 0 Å². The van der Waals surface area contributed by atoms with E-state index in [0.29, 0.717) is 6.61 Å².